The van der Waals surface area contributed by atoms with Gasteiger partial charge in [-0.3, -0.25) is 9.59 Å². The first-order valence-corrected chi connectivity index (χ1v) is 10.1. The number of esters is 2. The first-order valence-electron chi connectivity index (χ1n) is 8.27. The van der Waals surface area contributed by atoms with Crippen LogP contribution in [-0.2, 0) is 24.1 Å². The summed E-state index contributed by atoms with van der Waals surface area (Å²) >= 11 is 0. The van der Waals surface area contributed by atoms with Crippen molar-refractivity contribution in [3.8, 4) is 0 Å². The molecule has 144 valence electrons. The van der Waals surface area contributed by atoms with E-state index < -0.39 is 33.7 Å². The number of carbonyl (C=O) groups excluding carboxylic acids is 3. The van der Waals surface area contributed by atoms with Crippen LogP contribution < -0.4 is 0 Å². The van der Waals surface area contributed by atoms with Gasteiger partial charge < -0.3 is 14.5 Å². The van der Waals surface area contributed by atoms with Crippen molar-refractivity contribution in [2.24, 2.45) is 5.92 Å². The highest BCUT2D eigenvalue weighted by Crippen LogP contribution is 2.23. The number of hydrogen-bond donors (Lipinski definition) is 1. The molecule has 1 fully saturated rings. The van der Waals surface area contributed by atoms with E-state index in [0.29, 0.717) is 17.7 Å². The first-order chi connectivity index (χ1) is 12.1. The van der Waals surface area contributed by atoms with Gasteiger partial charge in [0.1, 0.15) is 0 Å². The molecule has 0 unspecified atom stereocenters. The third-order valence-corrected chi connectivity index (χ3v) is 6.37. The molecule has 1 saturated heterocycles. The van der Waals surface area contributed by atoms with Crippen LogP contribution >= 0.6 is 0 Å². The van der Waals surface area contributed by atoms with Crippen LogP contribution in [0.3, 0.4) is 0 Å². The number of aromatic amines is 1. The minimum Gasteiger partial charge on any atom is -0.465 e. The van der Waals surface area contributed by atoms with Gasteiger partial charge in [0.15, 0.2) is 15.9 Å². The molecular weight excluding hydrogens is 362 g/mol. The van der Waals surface area contributed by atoms with E-state index in [1.54, 1.807) is 13.8 Å². The zero-order valence-electron chi connectivity index (χ0n) is 15.2. The Morgan fingerprint density at radius 1 is 1.27 bits per heavy atom. The average Bonchev–Trinajstić information content (AvgIpc) is 3.04. The Bertz CT molecular complexity index is 838. The topological polar surface area (TPSA) is 120 Å². The maximum Gasteiger partial charge on any atom is 0.339 e. The molecule has 1 aromatic rings. The molecule has 2 rings (SSSR count). The minimum atomic E-state index is -3.07. The Kier molecular flexibility index (Phi) is 5.90. The Hall–Kier alpha value is -2.16. The van der Waals surface area contributed by atoms with E-state index in [2.05, 4.69) is 4.98 Å². The van der Waals surface area contributed by atoms with E-state index in [0.717, 1.165) is 0 Å². The molecule has 1 N–H and O–H groups in total. The van der Waals surface area contributed by atoms with Gasteiger partial charge in [-0.25, -0.2) is 13.2 Å². The van der Waals surface area contributed by atoms with Gasteiger partial charge in [-0.15, -0.1) is 0 Å². The fourth-order valence-corrected chi connectivity index (χ4v) is 5.04. The molecule has 1 aliphatic heterocycles. The van der Waals surface area contributed by atoms with E-state index in [9.17, 15) is 22.8 Å². The van der Waals surface area contributed by atoms with E-state index in [1.807, 2.05) is 0 Å². The highest BCUT2D eigenvalue weighted by Gasteiger charge is 2.32. The number of rotatable bonds is 6. The summed E-state index contributed by atoms with van der Waals surface area (Å²) < 4.78 is 32.8. The van der Waals surface area contributed by atoms with Gasteiger partial charge in [-0.1, -0.05) is 0 Å². The smallest absolute Gasteiger partial charge is 0.339 e. The summed E-state index contributed by atoms with van der Waals surface area (Å²) in [4.78, 5) is 39.2. The highest BCUT2D eigenvalue weighted by atomic mass is 32.2. The normalized spacial score (nSPS) is 19.8. The zero-order chi connectivity index (χ0) is 19.6. The second kappa shape index (κ2) is 7.61. The predicted octanol–water partition coefficient (Wildman–Crippen LogP) is 1.36. The minimum absolute atomic E-state index is 0.0259. The molecule has 2 heterocycles. The predicted molar refractivity (Wildman–Crippen MR) is 92.9 cm³/mol. The van der Waals surface area contributed by atoms with Crippen LogP contribution in [-0.4, -0.2) is 55.8 Å². The van der Waals surface area contributed by atoms with Crippen molar-refractivity contribution in [1.82, 2.24) is 4.98 Å². The molecule has 0 aromatic carbocycles. The molecule has 0 saturated carbocycles. The summed E-state index contributed by atoms with van der Waals surface area (Å²) in [6.45, 7) is 4.70. The molecule has 0 spiro atoms. The quantitative estimate of drug-likeness (QED) is 0.580. The van der Waals surface area contributed by atoms with Crippen LogP contribution in [0.15, 0.2) is 0 Å². The number of Topliss-reactive ketones (excluding diaryl/α,β-unsaturated/α-hetero) is 1. The van der Waals surface area contributed by atoms with Gasteiger partial charge in [0.25, 0.3) is 0 Å². The van der Waals surface area contributed by atoms with E-state index >= 15 is 0 Å². The van der Waals surface area contributed by atoms with Crippen molar-refractivity contribution in [3.63, 3.8) is 0 Å². The maximum absolute atomic E-state index is 12.6. The summed E-state index contributed by atoms with van der Waals surface area (Å²) in [5, 5.41) is 0. The molecule has 8 nitrogen and oxygen atoms in total. The summed E-state index contributed by atoms with van der Waals surface area (Å²) in [5.74, 6) is -1.84. The lowest BCUT2D eigenvalue weighted by Crippen LogP contribution is -2.26. The van der Waals surface area contributed by atoms with Crippen LogP contribution in [0.5, 0.6) is 0 Å². The van der Waals surface area contributed by atoms with E-state index in [4.69, 9.17) is 9.47 Å². The second-order valence-electron chi connectivity index (χ2n) is 6.59. The maximum atomic E-state index is 12.6. The summed E-state index contributed by atoms with van der Waals surface area (Å²) in [7, 11) is -1.82. The first kappa shape index (κ1) is 20.2. The van der Waals surface area contributed by atoms with Crippen LogP contribution in [0.1, 0.15) is 51.9 Å². The fourth-order valence-electron chi connectivity index (χ4n) is 3.18. The van der Waals surface area contributed by atoms with Gasteiger partial charge in [-0.05, 0) is 38.7 Å². The monoisotopic (exact) mass is 385 g/mol. The van der Waals surface area contributed by atoms with Crippen molar-refractivity contribution in [3.05, 3.63) is 22.5 Å². The number of aryl methyl sites for hydroxylation is 1. The molecule has 0 amide bonds. The SMILES string of the molecule is COC(=O)c1c(C)[nH]c(C(=O)[C@H](C)OC(=O)C[C@H]2CCS(=O)(=O)C2)c1C. The van der Waals surface area contributed by atoms with Crippen molar-refractivity contribution in [1.29, 1.82) is 0 Å². The summed E-state index contributed by atoms with van der Waals surface area (Å²) in [6, 6.07) is 0. The number of sulfone groups is 1. The standard InChI is InChI=1S/C17H23NO7S/c1-9-14(17(21)24-4)10(2)18-15(9)16(20)11(3)25-13(19)7-12-5-6-26(22,23)8-12/h11-12,18H,5-8H2,1-4H3/t11-,12+/m0/s1. The number of ether oxygens (including phenoxy) is 2. The van der Waals surface area contributed by atoms with Gasteiger partial charge in [0.2, 0.25) is 5.78 Å². The number of methoxy groups -OCH3 is 1. The highest BCUT2D eigenvalue weighted by molar-refractivity contribution is 7.91. The van der Waals surface area contributed by atoms with Gasteiger partial charge in [-0.2, -0.15) is 0 Å². The van der Waals surface area contributed by atoms with Crippen molar-refractivity contribution < 1.29 is 32.3 Å². The van der Waals surface area contributed by atoms with E-state index in [-0.39, 0.29) is 35.1 Å². The summed E-state index contributed by atoms with van der Waals surface area (Å²) in [6.07, 6.45) is -0.660. The van der Waals surface area contributed by atoms with Crippen molar-refractivity contribution in [2.75, 3.05) is 18.6 Å². The average molecular weight is 385 g/mol. The zero-order valence-corrected chi connectivity index (χ0v) is 16.1. The fraction of sp³-hybridized carbons (Fsp3) is 0.588. The lowest BCUT2D eigenvalue weighted by Gasteiger charge is -2.14. The number of ketones is 1. The molecule has 0 aliphatic carbocycles. The molecule has 0 bridgehead atoms. The van der Waals surface area contributed by atoms with E-state index in [1.165, 1.54) is 14.0 Å². The number of aromatic nitrogens is 1. The lowest BCUT2D eigenvalue weighted by atomic mass is 10.0. The van der Waals surface area contributed by atoms with Crippen LogP contribution in [0.2, 0.25) is 0 Å². The molecule has 0 radical (unpaired) electrons. The molecule has 26 heavy (non-hydrogen) atoms. The second-order valence-corrected chi connectivity index (χ2v) is 8.81. The Morgan fingerprint density at radius 3 is 2.46 bits per heavy atom. The van der Waals surface area contributed by atoms with Crippen LogP contribution in [0, 0.1) is 19.8 Å². The third kappa shape index (κ3) is 4.32. The molecule has 9 heteroatoms. The van der Waals surface area contributed by atoms with Gasteiger partial charge >= 0.3 is 11.9 Å². The van der Waals surface area contributed by atoms with Gasteiger partial charge in [0, 0.05) is 12.1 Å². The Labute approximate surface area is 152 Å². The third-order valence-electron chi connectivity index (χ3n) is 4.53. The number of hydrogen-bond acceptors (Lipinski definition) is 7. The largest absolute Gasteiger partial charge is 0.465 e. The van der Waals surface area contributed by atoms with Crippen molar-refractivity contribution in [2.45, 2.75) is 39.7 Å². The molecule has 2 atom stereocenters. The summed E-state index contributed by atoms with van der Waals surface area (Å²) in [5.41, 5.74) is 1.40. The Morgan fingerprint density at radius 2 is 1.92 bits per heavy atom. The number of carbonyl (C=O) groups is 3. The lowest BCUT2D eigenvalue weighted by molar-refractivity contribution is -0.147. The molecule has 1 aromatic heterocycles. The molecule has 1 aliphatic rings. The van der Waals surface area contributed by atoms with Gasteiger partial charge in [0.05, 0.1) is 29.9 Å². The number of nitrogens with one attached hydrogen (secondary N) is 1. The number of H-pyrrole nitrogens is 1. The van der Waals surface area contributed by atoms with Crippen molar-refractivity contribution >= 4 is 27.6 Å². The molecular formula is C17H23NO7S. The van der Waals surface area contributed by atoms with Crippen LogP contribution in [0.25, 0.3) is 0 Å². The Balaban J connectivity index is 2.04. The van der Waals surface area contributed by atoms with Crippen LogP contribution in [0.4, 0.5) is 0 Å².